The van der Waals surface area contributed by atoms with E-state index in [2.05, 4.69) is 12.2 Å². The average Bonchev–Trinajstić information content (AvgIpc) is 3.19. The number of unbranched alkanes of at least 4 members (excludes halogenated alkanes) is 11. The number of aliphatic hydroxyl groups is 2. The van der Waals surface area contributed by atoms with Gasteiger partial charge >= 0.3 is 6.09 Å². The molecule has 6 nitrogen and oxygen atoms in total. The van der Waals surface area contributed by atoms with Crippen LogP contribution < -0.4 is 5.32 Å². The van der Waals surface area contributed by atoms with Crippen LogP contribution in [0.1, 0.15) is 132 Å². The predicted octanol–water partition coefficient (Wildman–Crippen LogP) is 11.1. The molecule has 0 bridgehead atoms. The lowest BCUT2D eigenvalue weighted by atomic mass is 9.61. The highest BCUT2D eigenvalue weighted by Crippen LogP contribution is 2.45. The second-order valence-corrected chi connectivity index (χ2v) is 15.7. The third-order valence-corrected chi connectivity index (χ3v) is 10.3. The molecule has 1 unspecified atom stereocenters. The van der Waals surface area contributed by atoms with Crippen LogP contribution in [0.4, 0.5) is 4.79 Å². The number of aliphatic hydroxyl groups excluding tert-OH is 1. The zero-order valence-corrected chi connectivity index (χ0v) is 33.5. The summed E-state index contributed by atoms with van der Waals surface area (Å²) >= 11 is 0. The predicted molar refractivity (Wildman–Crippen MR) is 224 cm³/mol. The molecular formula is C49H63NO5. The van der Waals surface area contributed by atoms with Gasteiger partial charge in [-0.3, -0.25) is 4.79 Å². The molecule has 4 rings (SSSR count). The molecule has 6 heteroatoms. The first-order valence-corrected chi connectivity index (χ1v) is 20.4. The summed E-state index contributed by atoms with van der Waals surface area (Å²) in [6, 6.07) is 35.6. The van der Waals surface area contributed by atoms with Gasteiger partial charge in [0.05, 0.1) is 17.6 Å². The quantitative estimate of drug-likeness (QED) is 0.0322. The molecule has 0 radical (unpaired) electrons. The first kappa shape index (κ1) is 43.2. The monoisotopic (exact) mass is 745 g/mol. The molecule has 0 fully saturated rings. The summed E-state index contributed by atoms with van der Waals surface area (Å²) in [6.45, 7) is 7.48. The highest BCUT2D eigenvalue weighted by atomic mass is 16.6. The molecule has 3 N–H and O–H groups in total. The minimum absolute atomic E-state index is 0.247. The van der Waals surface area contributed by atoms with E-state index in [0.717, 1.165) is 36.0 Å². The summed E-state index contributed by atoms with van der Waals surface area (Å²) in [6.07, 6.45) is 14.8. The van der Waals surface area contributed by atoms with Crippen LogP contribution >= 0.6 is 0 Å². The van der Waals surface area contributed by atoms with Crippen LogP contribution in [0.5, 0.6) is 0 Å². The molecule has 1 amide bonds. The first-order valence-electron chi connectivity index (χ1n) is 20.4. The average molecular weight is 746 g/mol. The van der Waals surface area contributed by atoms with Gasteiger partial charge in [0.25, 0.3) is 0 Å². The Morgan fingerprint density at radius 3 is 1.45 bits per heavy atom. The third kappa shape index (κ3) is 12.0. The second-order valence-electron chi connectivity index (χ2n) is 15.7. The maximum atomic E-state index is 14.8. The highest BCUT2D eigenvalue weighted by molar-refractivity contribution is 6.04. The fraction of sp³-hybridized carbons (Fsp3) is 0.429. The molecule has 0 aromatic heterocycles. The van der Waals surface area contributed by atoms with Crippen molar-refractivity contribution in [3.8, 4) is 0 Å². The Morgan fingerprint density at radius 2 is 1.04 bits per heavy atom. The van der Waals surface area contributed by atoms with Crippen molar-refractivity contribution in [2.24, 2.45) is 0 Å². The third-order valence-electron chi connectivity index (χ3n) is 10.3. The molecule has 0 aliphatic rings. The van der Waals surface area contributed by atoms with Crippen LogP contribution in [0, 0.1) is 0 Å². The number of alkyl carbamates (subject to hydrolysis) is 1. The largest absolute Gasteiger partial charge is 0.444 e. The number of Topliss-reactive ketones (excluding diaryl/α,β-unsaturated/α-hetero) is 1. The maximum absolute atomic E-state index is 14.8. The molecule has 4 aromatic carbocycles. The van der Waals surface area contributed by atoms with Crippen LogP contribution in [0.2, 0.25) is 0 Å². The summed E-state index contributed by atoms with van der Waals surface area (Å²) in [5, 5.41) is 29.1. The van der Waals surface area contributed by atoms with Gasteiger partial charge in [0.15, 0.2) is 5.60 Å². The van der Waals surface area contributed by atoms with Gasteiger partial charge in [-0.2, -0.15) is 0 Å². The van der Waals surface area contributed by atoms with Crippen molar-refractivity contribution in [3.05, 3.63) is 156 Å². The minimum Gasteiger partial charge on any atom is -0.444 e. The lowest BCUT2D eigenvalue weighted by molar-refractivity contribution is -0.0241. The molecule has 0 spiro atoms. The molecule has 0 aliphatic carbocycles. The molecule has 0 aliphatic heterocycles. The van der Waals surface area contributed by atoms with Gasteiger partial charge in [0.1, 0.15) is 5.60 Å². The normalized spacial score (nSPS) is 14.2. The number of rotatable bonds is 22. The van der Waals surface area contributed by atoms with Crippen LogP contribution in [-0.2, 0) is 10.2 Å². The molecule has 0 heterocycles. The Bertz CT molecular complexity index is 1620. The van der Waals surface area contributed by atoms with Crippen LogP contribution in [0.25, 0.3) is 0 Å². The van der Waals surface area contributed by atoms with E-state index >= 15 is 0 Å². The van der Waals surface area contributed by atoms with E-state index in [1.165, 1.54) is 57.4 Å². The lowest BCUT2D eigenvalue weighted by Gasteiger charge is -2.47. The van der Waals surface area contributed by atoms with Gasteiger partial charge in [-0.1, -0.05) is 199 Å². The van der Waals surface area contributed by atoms with Crippen LogP contribution in [-0.4, -0.2) is 45.4 Å². The molecule has 4 aromatic rings. The molecule has 3 atom stereocenters. The molecule has 0 saturated heterocycles. The van der Waals surface area contributed by atoms with E-state index < -0.39 is 40.6 Å². The Labute approximate surface area is 330 Å². The van der Waals surface area contributed by atoms with Crippen molar-refractivity contribution in [1.29, 1.82) is 0 Å². The summed E-state index contributed by atoms with van der Waals surface area (Å²) in [5.41, 5.74) is -2.24. The van der Waals surface area contributed by atoms with Crippen molar-refractivity contribution in [1.82, 2.24) is 5.32 Å². The fourth-order valence-corrected chi connectivity index (χ4v) is 7.56. The van der Waals surface area contributed by atoms with E-state index in [1.807, 2.05) is 97.1 Å². The van der Waals surface area contributed by atoms with Gasteiger partial charge < -0.3 is 20.3 Å². The summed E-state index contributed by atoms with van der Waals surface area (Å²) in [7, 11) is 0. The number of ether oxygens (including phenoxy) is 1. The first-order chi connectivity index (χ1) is 26.5. The smallest absolute Gasteiger partial charge is 0.408 e. The Kier molecular flexibility index (Phi) is 16.9. The number of amides is 1. The Hall–Kier alpha value is -4.52. The molecule has 294 valence electrons. The number of ketones is 1. The fourth-order valence-electron chi connectivity index (χ4n) is 7.56. The zero-order valence-electron chi connectivity index (χ0n) is 33.5. The van der Waals surface area contributed by atoms with Gasteiger partial charge in [-0.05, 0) is 56.4 Å². The van der Waals surface area contributed by atoms with E-state index in [0.29, 0.717) is 6.42 Å². The Balaban J connectivity index is 1.77. The van der Waals surface area contributed by atoms with E-state index in [1.54, 1.807) is 51.1 Å². The van der Waals surface area contributed by atoms with Crippen molar-refractivity contribution >= 4 is 11.9 Å². The highest BCUT2D eigenvalue weighted by Gasteiger charge is 2.55. The SMILES string of the molecule is CCCCCCCCCCCCCC=C[C@](O)(C(=O)c1ccccc1)[C@@H](NC(=O)OC(C)(C)C)C(O)C(c1ccccc1)(c1ccccc1)c1ccccc1. The number of benzene rings is 4. The number of hydrogen-bond donors (Lipinski definition) is 3. The van der Waals surface area contributed by atoms with Crippen LogP contribution in [0.3, 0.4) is 0 Å². The van der Waals surface area contributed by atoms with Gasteiger partial charge in [0.2, 0.25) is 5.78 Å². The van der Waals surface area contributed by atoms with Gasteiger partial charge in [-0.25, -0.2) is 4.79 Å². The minimum atomic E-state index is -2.39. The van der Waals surface area contributed by atoms with Gasteiger partial charge in [-0.15, -0.1) is 0 Å². The molecular weight excluding hydrogens is 683 g/mol. The number of carbonyl (C=O) groups excluding carboxylic acids is 2. The number of nitrogens with one attached hydrogen (secondary N) is 1. The summed E-state index contributed by atoms with van der Waals surface area (Å²) in [5.74, 6) is -0.647. The van der Waals surface area contributed by atoms with Crippen molar-refractivity contribution < 1.29 is 24.5 Å². The van der Waals surface area contributed by atoms with Gasteiger partial charge in [0, 0.05) is 5.56 Å². The van der Waals surface area contributed by atoms with Crippen molar-refractivity contribution in [2.45, 2.75) is 134 Å². The number of allylic oxidation sites excluding steroid dienone is 1. The number of carbonyl (C=O) groups is 2. The topological polar surface area (TPSA) is 95.9 Å². The summed E-state index contributed by atoms with van der Waals surface area (Å²) in [4.78, 5) is 28.6. The standard InChI is InChI=1S/C49H63NO5/c1-5-6-7-8-9-10-11-12-13-14-15-16-29-38-48(54,44(51)39-30-21-17-22-31-39)43(50-46(53)55-47(2,3)4)45(52)49(40-32-23-18-24-33-40,41-34-25-19-26-35-41)42-36-27-20-28-37-42/h17-38,43,45,52,54H,5-16H2,1-4H3,(H,50,53)/t43-,45?,48+/m0/s1. The van der Waals surface area contributed by atoms with Crippen molar-refractivity contribution in [2.75, 3.05) is 0 Å². The molecule has 55 heavy (non-hydrogen) atoms. The van der Waals surface area contributed by atoms with E-state index in [-0.39, 0.29) is 5.56 Å². The zero-order chi connectivity index (χ0) is 39.6. The lowest BCUT2D eigenvalue weighted by Crippen LogP contribution is -2.66. The van der Waals surface area contributed by atoms with Crippen molar-refractivity contribution in [3.63, 3.8) is 0 Å². The second kappa shape index (κ2) is 21.5. The molecule has 0 saturated carbocycles. The van der Waals surface area contributed by atoms with E-state index in [9.17, 15) is 19.8 Å². The summed E-state index contributed by atoms with van der Waals surface area (Å²) < 4.78 is 5.74. The van der Waals surface area contributed by atoms with E-state index in [4.69, 9.17) is 4.74 Å². The van der Waals surface area contributed by atoms with Crippen LogP contribution in [0.15, 0.2) is 133 Å². The number of hydrogen-bond acceptors (Lipinski definition) is 5. The maximum Gasteiger partial charge on any atom is 0.408 e. The Morgan fingerprint density at radius 1 is 0.636 bits per heavy atom.